The van der Waals surface area contributed by atoms with E-state index in [0.717, 1.165) is 42.4 Å². The smallest absolute Gasteiger partial charge is 0.254 e. The van der Waals surface area contributed by atoms with E-state index in [9.17, 15) is 9.59 Å². The van der Waals surface area contributed by atoms with Gasteiger partial charge in [-0.15, -0.1) is 0 Å². The number of hydrogen-bond acceptors (Lipinski definition) is 4. The van der Waals surface area contributed by atoms with Crippen LogP contribution in [0.2, 0.25) is 0 Å². The number of halogens is 1. The molecule has 2 amide bonds. The number of nitrogens with zero attached hydrogens (tertiary/aromatic N) is 3. The van der Waals surface area contributed by atoms with Crippen LogP contribution in [0.25, 0.3) is 0 Å². The Morgan fingerprint density at radius 2 is 1.77 bits per heavy atom. The lowest BCUT2D eigenvalue weighted by Crippen LogP contribution is -2.48. The molecule has 0 spiro atoms. The average Bonchev–Trinajstić information content (AvgIpc) is 3.43. The van der Waals surface area contributed by atoms with Crippen molar-refractivity contribution in [1.29, 1.82) is 0 Å². The van der Waals surface area contributed by atoms with E-state index in [1.807, 2.05) is 29.2 Å². The number of carbonyl (C=O) groups excluding carboxylic acids is 2. The molecule has 1 aromatic heterocycles. The zero-order chi connectivity index (χ0) is 28.3. The largest absolute Gasteiger partial charge is 0.497 e. The second-order valence-electron chi connectivity index (χ2n) is 10.4. The highest BCUT2D eigenvalue weighted by atomic mass is 79.9. The first-order valence-corrected chi connectivity index (χ1v) is 14.9. The summed E-state index contributed by atoms with van der Waals surface area (Å²) in [7, 11) is 3.23. The van der Waals surface area contributed by atoms with Crippen molar-refractivity contribution in [2.45, 2.75) is 57.7 Å². The molecule has 214 valence electrons. The van der Waals surface area contributed by atoms with Gasteiger partial charge in [0.1, 0.15) is 12.3 Å². The van der Waals surface area contributed by atoms with E-state index in [4.69, 9.17) is 9.47 Å². The topological polar surface area (TPSA) is 64.0 Å². The van der Waals surface area contributed by atoms with Crippen LogP contribution in [0.4, 0.5) is 0 Å². The summed E-state index contributed by atoms with van der Waals surface area (Å²) >= 11 is 3.51. The summed E-state index contributed by atoms with van der Waals surface area (Å²) in [6.45, 7) is 2.25. The Balaban J connectivity index is 1.55. The predicted octanol–water partition coefficient (Wildman–Crippen LogP) is 6.15. The van der Waals surface area contributed by atoms with E-state index >= 15 is 0 Å². The maximum atomic E-state index is 14.0. The number of benzene rings is 2. The SMILES string of the molecule is COCCCN(CC(=O)N(Cc1cccn1Cc1ccc(Br)cc1)C1CCCCC1)C(=O)c1cccc(OC)c1. The van der Waals surface area contributed by atoms with E-state index < -0.39 is 0 Å². The summed E-state index contributed by atoms with van der Waals surface area (Å²) < 4.78 is 13.8. The number of ether oxygens (including phenoxy) is 2. The Kier molecular flexibility index (Phi) is 11.2. The number of methoxy groups -OCH3 is 2. The molecule has 4 rings (SSSR count). The van der Waals surface area contributed by atoms with Crippen LogP contribution < -0.4 is 4.74 Å². The fraction of sp³-hybridized carbons (Fsp3) is 0.438. The highest BCUT2D eigenvalue weighted by Crippen LogP contribution is 2.25. The third-order valence-electron chi connectivity index (χ3n) is 7.56. The summed E-state index contributed by atoms with van der Waals surface area (Å²) in [6, 6.07) is 19.7. The van der Waals surface area contributed by atoms with Crippen molar-refractivity contribution in [2.75, 3.05) is 33.9 Å². The highest BCUT2D eigenvalue weighted by Gasteiger charge is 2.29. The van der Waals surface area contributed by atoms with Crippen LogP contribution in [0.15, 0.2) is 71.3 Å². The van der Waals surface area contributed by atoms with Crippen LogP contribution in [-0.2, 0) is 22.6 Å². The Bertz CT molecular complexity index is 1240. The quantitative estimate of drug-likeness (QED) is 0.218. The minimum absolute atomic E-state index is 0.0167. The molecule has 1 aliphatic carbocycles. The lowest BCUT2D eigenvalue weighted by molar-refractivity contribution is -0.135. The summed E-state index contributed by atoms with van der Waals surface area (Å²) in [4.78, 5) is 31.3. The zero-order valence-electron chi connectivity index (χ0n) is 23.6. The van der Waals surface area contributed by atoms with Gasteiger partial charge in [0, 0.05) is 54.8 Å². The van der Waals surface area contributed by atoms with Gasteiger partial charge >= 0.3 is 0 Å². The van der Waals surface area contributed by atoms with Gasteiger partial charge in [0.05, 0.1) is 13.7 Å². The summed E-state index contributed by atoms with van der Waals surface area (Å²) in [5, 5.41) is 0. The van der Waals surface area contributed by atoms with Crippen molar-refractivity contribution in [2.24, 2.45) is 0 Å². The summed E-state index contributed by atoms with van der Waals surface area (Å²) in [6.07, 6.45) is 8.15. The Labute approximate surface area is 246 Å². The number of amides is 2. The number of carbonyl (C=O) groups is 2. The molecular weight excluding hydrogens is 570 g/mol. The van der Waals surface area contributed by atoms with Crippen LogP contribution in [0.1, 0.15) is 60.1 Å². The van der Waals surface area contributed by atoms with E-state index in [0.29, 0.717) is 37.4 Å². The minimum atomic E-state index is -0.175. The van der Waals surface area contributed by atoms with Crippen LogP contribution in [0.3, 0.4) is 0 Å². The molecule has 8 heteroatoms. The van der Waals surface area contributed by atoms with Crippen molar-refractivity contribution in [1.82, 2.24) is 14.4 Å². The van der Waals surface area contributed by atoms with Gasteiger partial charge in [0.2, 0.25) is 5.91 Å². The molecule has 1 saturated carbocycles. The Morgan fingerprint density at radius 3 is 2.50 bits per heavy atom. The lowest BCUT2D eigenvalue weighted by Gasteiger charge is -2.36. The average molecular weight is 611 g/mol. The molecule has 0 saturated heterocycles. The zero-order valence-corrected chi connectivity index (χ0v) is 25.1. The van der Waals surface area contributed by atoms with Crippen molar-refractivity contribution >= 4 is 27.7 Å². The van der Waals surface area contributed by atoms with E-state index in [1.165, 1.54) is 12.0 Å². The fourth-order valence-corrected chi connectivity index (χ4v) is 5.63. The Hall–Kier alpha value is -3.10. The molecule has 0 bridgehead atoms. The van der Waals surface area contributed by atoms with Gasteiger partial charge in [-0.05, 0) is 67.3 Å². The standard InChI is InChI=1S/C32H40BrN3O4/c1-39-20-8-19-35(32(38)26-9-6-13-30(21-26)40-2)24-31(37)36(28-10-4-3-5-11-28)23-29-12-7-18-34(29)22-25-14-16-27(33)17-15-25/h6-7,9,12-18,21,28H,3-5,8,10-11,19-20,22-24H2,1-2H3. The molecule has 7 nitrogen and oxygen atoms in total. The first kappa shape index (κ1) is 29.9. The van der Waals surface area contributed by atoms with Crippen molar-refractivity contribution in [3.63, 3.8) is 0 Å². The second-order valence-corrected chi connectivity index (χ2v) is 11.3. The second kappa shape index (κ2) is 15.1. The third-order valence-corrected chi connectivity index (χ3v) is 8.09. The first-order chi connectivity index (χ1) is 19.5. The first-order valence-electron chi connectivity index (χ1n) is 14.1. The van der Waals surface area contributed by atoms with Crippen molar-refractivity contribution in [3.8, 4) is 5.75 Å². The summed E-state index contributed by atoms with van der Waals surface area (Å²) in [5.74, 6) is 0.423. The van der Waals surface area contributed by atoms with Crippen LogP contribution in [-0.4, -0.2) is 66.1 Å². The van der Waals surface area contributed by atoms with Gasteiger partial charge in [-0.2, -0.15) is 0 Å². The lowest BCUT2D eigenvalue weighted by atomic mass is 9.94. The van der Waals surface area contributed by atoms with Crippen molar-refractivity contribution < 1.29 is 19.1 Å². The molecule has 0 atom stereocenters. The normalized spacial score (nSPS) is 13.7. The molecule has 1 heterocycles. The Morgan fingerprint density at radius 1 is 1.00 bits per heavy atom. The molecular formula is C32H40BrN3O4. The fourth-order valence-electron chi connectivity index (χ4n) is 5.37. The summed E-state index contributed by atoms with van der Waals surface area (Å²) in [5.41, 5.74) is 2.80. The number of aromatic nitrogens is 1. The molecule has 2 aromatic carbocycles. The molecule has 1 aliphatic rings. The van der Waals surface area contributed by atoms with Gasteiger partial charge in [0.25, 0.3) is 5.91 Å². The van der Waals surface area contributed by atoms with Gasteiger partial charge in [-0.1, -0.05) is 53.4 Å². The monoisotopic (exact) mass is 609 g/mol. The minimum Gasteiger partial charge on any atom is -0.497 e. The molecule has 0 aliphatic heterocycles. The maximum absolute atomic E-state index is 14.0. The van der Waals surface area contributed by atoms with Crippen LogP contribution in [0, 0.1) is 0 Å². The molecule has 3 aromatic rings. The van der Waals surface area contributed by atoms with Crippen molar-refractivity contribution in [3.05, 3.63) is 88.2 Å². The van der Waals surface area contributed by atoms with E-state index in [1.54, 1.807) is 37.3 Å². The predicted molar refractivity (Wildman–Crippen MR) is 160 cm³/mol. The van der Waals surface area contributed by atoms with E-state index in [-0.39, 0.29) is 24.4 Å². The maximum Gasteiger partial charge on any atom is 0.254 e. The highest BCUT2D eigenvalue weighted by molar-refractivity contribution is 9.10. The number of hydrogen-bond donors (Lipinski definition) is 0. The van der Waals surface area contributed by atoms with Crippen LogP contribution in [0.5, 0.6) is 5.75 Å². The van der Waals surface area contributed by atoms with Gasteiger partial charge in [-0.25, -0.2) is 0 Å². The van der Waals surface area contributed by atoms with Gasteiger partial charge < -0.3 is 23.8 Å². The number of rotatable bonds is 13. The van der Waals surface area contributed by atoms with Crippen LogP contribution >= 0.6 is 15.9 Å². The van der Waals surface area contributed by atoms with Gasteiger partial charge in [-0.3, -0.25) is 9.59 Å². The molecule has 1 fully saturated rings. The third kappa shape index (κ3) is 8.21. The molecule has 0 N–H and O–H groups in total. The molecule has 0 radical (unpaired) electrons. The molecule has 40 heavy (non-hydrogen) atoms. The van der Waals surface area contributed by atoms with Gasteiger partial charge in [0.15, 0.2) is 0 Å². The van der Waals surface area contributed by atoms with E-state index in [2.05, 4.69) is 44.9 Å². The molecule has 0 unspecified atom stereocenters.